The van der Waals surface area contributed by atoms with Gasteiger partial charge in [0.1, 0.15) is 32.2 Å². The molecule has 2 amide bonds. The first kappa shape index (κ1) is 34.6. The minimum absolute atomic E-state index is 0.0943. The zero-order valence-electron chi connectivity index (χ0n) is 28.4. The van der Waals surface area contributed by atoms with Crippen LogP contribution in [0.4, 0.5) is 10.0 Å². The fraction of sp³-hybridized carbons (Fsp3) is 0.278. The molecule has 6 heterocycles. The molecule has 256 valence electrons. The van der Waals surface area contributed by atoms with E-state index in [1.165, 1.54) is 51.2 Å². The van der Waals surface area contributed by atoms with Gasteiger partial charge in [0.15, 0.2) is 15.7 Å². The van der Waals surface area contributed by atoms with Crippen LogP contribution in [0.2, 0.25) is 0 Å². The Morgan fingerprint density at radius 1 is 0.731 bits per heavy atom. The van der Waals surface area contributed by atoms with Gasteiger partial charge in [0, 0.05) is 23.9 Å². The Bertz CT molecular complexity index is 2450. The summed E-state index contributed by atoms with van der Waals surface area (Å²) in [6.07, 6.45) is 0. The topological polar surface area (TPSA) is 141 Å². The van der Waals surface area contributed by atoms with E-state index in [4.69, 9.17) is 16.6 Å². The number of thiophene rings is 4. The Morgan fingerprint density at radius 2 is 1.17 bits per heavy atom. The van der Waals surface area contributed by atoms with Crippen LogP contribution in [0, 0.1) is 40.6 Å². The van der Waals surface area contributed by atoms with Crippen molar-refractivity contribution in [2.24, 2.45) is 9.98 Å². The molecule has 2 aliphatic heterocycles. The van der Waals surface area contributed by atoms with Crippen LogP contribution in [0.25, 0.3) is 33.8 Å². The minimum atomic E-state index is -0.304. The molecule has 0 saturated carbocycles. The van der Waals surface area contributed by atoms with Gasteiger partial charge in [-0.3, -0.25) is 14.5 Å². The lowest BCUT2D eigenvalue weighted by Gasteiger charge is -2.20. The van der Waals surface area contributed by atoms with E-state index >= 15 is 0 Å². The number of thioether (sulfide) groups is 2. The highest BCUT2D eigenvalue weighted by molar-refractivity contribution is 8.20. The van der Waals surface area contributed by atoms with E-state index in [2.05, 4.69) is 44.7 Å². The average Bonchev–Trinajstić information content (AvgIpc) is 3.97. The molecule has 0 unspecified atom stereocenters. The molecular weight excluding hydrogens is 769 g/mol. The quantitative estimate of drug-likeness (QED) is 0.148. The summed E-state index contributed by atoms with van der Waals surface area (Å²) in [5.41, 5.74) is 4.15. The van der Waals surface area contributed by atoms with Gasteiger partial charge in [0.2, 0.25) is 0 Å². The largest absolute Gasteiger partial charge is 0.309 e. The third-order valence-electron chi connectivity index (χ3n) is 9.62. The summed E-state index contributed by atoms with van der Waals surface area (Å²) in [7, 11) is 0. The number of allylic oxidation sites excluding steroid dienone is 2. The van der Waals surface area contributed by atoms with E-state index in [1.807, 2.05) is 47.8 Å². The number of amides is 2. The fourth-order valence-electron chi connectivity index (χ4n) is 7.11. The highest BCUT2D eigenvalue weighted by Crippen LogP contribution is 2.66. The smallest absolute Gasteiger partial charge is 0.291 e. The maximum atomic E-state index is 13.2. The molecule has 0 bridgehead atoms. The van der Waals surface area contributed by atoms with Crippen molar-refractivity contribution in [2.75, 3.05) is 13.1 Å². The molecule has 4 aromatic heterocycles. The Labute approximate surface area is 323 Å². The van der Waals surface area contributed by atoms with Crippen LogP contribution in [0.15, 0.2) is 43.4 Å². The highest BCUT2D eigenvalue weighted by atomic mass is 32.2. The first-order valence-corrected chi connectivity index (χ1v) is 20.9. The molecule has 0 radical (unpaired) electrons. The maximum absolute atomic E-state index is 13.2. The van der Waals surface area contributed by atoms with Crippen molar-refractivity contribution in [3.63, 3.8) is 0 Å². The number of aliphatic imine (C=N–C) groups is 2. The van der Waals surface area contributed by atoms with Crippen molar-refractivity contribution in [1.82, 2.24) is 9.80 Å². The number of rotatable bonds is 4. The second-order valence-corrected chi connectivity index (χ2v) is 19.2. The number of carbonyl (C=O) groups excluding carboxylic acids is 2. The predicted octanol–water partition coefficient (Wildman–Crippen LogP) is 9.82. The number of nitriles is 3. The molecule has 4 aliphatic rings. The Balaban J connectivity index is 1.17. The minimum Gasteiger partial charge on any atom is -0.309 e. The number of nitrogens with zero attached hydrogens (tertiary/aromatic N) is 8. The predicted molar refractivity (Wildman–Crippen MR) is 212 cm³/mol. The van der Waals surface area contributed by atoms with E-state index in [-0.39, 0.29) is 44.0 Å². The van der Waals surface area contributed by atoms with Crippen LogP contribution in [0.1, 0.15) is 63.8 Å². The second kappa shape index (κ2) is 12.0. The molecule has 2 saturated heterocycles. The molecule has 2 fully saturated rings. The second-order valence-electron chi connectivity index (χ2n) is 13.1. The van der Waals surface area contributed by atoms with Crippen molar-refractivity contribution < 1.29 is 9.59 Å². The SMILES string of the molecule is [C-]#[N+]/C(C#N)=C1\SC(=Nc2cc3c(s2)-c2sc4c5c(sc4c2C3(C)C)-c2sc(N=C3SC(=C(C#N)C#N)N(CC)C3=O)cc2C5(C)C)C(=O)N1CC. The van der Waals surface area contributed by atoms with Gasteiger partial charge in [-0.25, -0.2) is 20.1 Å². The lowest BCUT2D eigenvalue weighted by atomic mass is 9.82. The summed E-state index contributed by atoms with van der Waals surface area (Å²) in [6, 6.07) is 9.85. The van der Waals surface area contributed by atoms with Crippen LogP contribution in [0.5, 0.6) is 0 Å². The van der Waals surface area contributed by atoms with Crippen molar-refractivity contribution in [3.05, 3.63) is 67.1 Å². The molecule has 4 aromatic rings. The van der Waals surface area contributed by atoms with Crippen molar-refractivity contribution in [1.29, 1.82) is 15.8 Å². The zero-order chi connectivity index (χ0) is 37.0. The summed E-state index contributed by atoms with van der Waals surface area (Å²) in [5, 5.41) is 30.9. The normalized spacial score (nSPS) is 20.2. The van der Waals surface area contributed by atoms with Crippen LogP contribution in [-0.2, 0) is 20.4 Å². The van der Waals surface area contributed by atoms with Gasteiger partial charge >= 0.3 is 0 Å². The Kier molecular flexibility index (Phi) is 7.98. The third kappa shape index (κ3) is 4.63. The molecule has 0 N–H and O–H groups in total. The average molecular weight is 793 g/mol. The first-order valence-electron chi connectivity index (χ1n) is 16.0. The molecule has 0 spiro atoms. The lowest BCUT2D eigenvalue weighted by molar-refractivity contribution is -0.121. The van der Waals surface area contributed by atoms with Crippen LogP contribution < -0.4 is 0 Å². The highest BCUT2D eigenvalue weighted by Gasteiger charge is 2.47. The van der Waals surface area contributed by atoms with Crippen molar-refractivity contribution >= 4 is 110 Å². The molecular formula is C36H24N8O2S6. The summed E-state index contributed by atoms with van der Waals surface area (Å²) in [6.45, 7) is 20.6. The number of carbonyl (C=O) groups is 2. The van der Waals surface area contributed by atoms with Crippen molar-refractivity contribution in [3.8, 4) is 37.7 Å². The Hall–Kier alpha value is -4.52. The molecule has 2 aliphatic carbocycles. The first-order chi connectivity index (χ1) is 24.8. The Morgan fingerprint density at radius 3 is 1.58 bits per heavy atom. The zero-order valence-corrected chi connectivity index (χ0v) is 33.3. The summed E-state index contributed by atoms with van der Waals surface area (Å²) in [5.74, 6) is -0.601. The fourth-order valence-corrected chi connectivity index (χ4v) is 15.5. The number of hydrogen-bond acceptors (Lipinski definition) is 13. The van der Waals surface area contributed by atoms with Crippen molar-refractivity contribution in [2.45, 2.75) is 52.4 Å². The van der Waals surface area contributed by atoms with Gasteiger partial charge in [0.25, 0.3) is 17.5 Å². The van der Waals surface area contributed by atoms with E-state index in [1.54, 1.807) is 29.6 Å². The summed E-state index contributed by atoms with van der Waals surface area (Å²) < 4.78 is 2.56. The number of fused-ring (bicyclic) bond motifs is 9. The van der Waals surface area contributed by atoms with Gasteiger partial charge < -0.3 is 4.90 Å². The lowest BCUT2D eigenvalue weighted by Crippen LogP contribution is -2.26. The van der Waals surface area contributed by atoms with Gasteiger partial charge in [-0.15, -0.1) is 45.3 Å². The van der Waals surface area contributed by atoms with Gasteiger partial charge in [-0.2, -0.15) is 10.5 Å². The molecule has 8 rings (SSSR count). The number of hydrogen-bond donors (Lipinski definition) is 0. The van der Waals surface area contributed by atoms with E-state index < -0.39 is 0 Å². The van der Waals surface area contributed by atoms with Crippen LogP contribution in [-0.4, -0.2) is 44.8 Å². The molecule has 52 heavy (non-hydrogen) atoms. The van der Waals surface area contributed by atoms with Crippen LogP contribution in [0.3, 0.4) is 0 Å². The molecule has 0 aromatic carbocycles. The van der Waals surface area contributed by atoms with E-state index in [0.29, 0.717) is 28.1 Å². The van der Waals surface area contributed by atoms with E-state index in [0.717, 1.165) is 38.3 Å². The van der Waals surface area contributed by atoms with Gasteiger partial charge in [-0.05, 0) is 60.0 Å². The molecule has 0 atom stereocenters. The molecule has 10 nitrogen and oxygen atoms in total. The van der Waals surface area contributed by atoms with Gasteiger partial charge in [0.05, 0.1) is 41.5 Å². The molecule has 16 heteroatoms. The summed E-state index contributed by atoms with van der Waals surface area (Å²) in [4.78, 5) is 46.9. The summed E-state index contributed by atoms with van der Waals surface area (Å²) >= 11 is 8.92. The maximum Gasteiger partial charge on any atom is 0.291 e. The monoisotopic (exact) mass is 792 g/mol. The standard InChI is InChI=1S/C36H24N8O2S6/c1-8-43-31(45)29(51-33(43)15(12-37)13-38)41-19-10-16-23(47-19)25-21(35(16,3)4)27-28(49-25)22-26(50-27)24-17(36(22,5)6)11-20(48-24)42-30-32(46)44(9-2)34(52-30)18(14-39)40-7/h10-11H,8-9H2,1-6H3/b34-18-,41-29?,42-30?. The van der Waals surface area contributed by atoms with Gasteiger partial charge in [-0.1, -0.05) is 39.5 Å². The third-order valence-corrected chi connectivity index (χ3v) is 16.7. The van der Waals surface area contributed by atoms with E-state index in [9.17, 15) is 25.4 Å². The van der Waals surface area contributed by atoms with Crippen LogP contribution >= 0.6 is 68.9 Å².